The van der Waals surface area contributed by atoms with E-state index in [-0.39, 0.29) is 5.91 Å². The van der Waals surface area contributed by atoms with Crippen LogP contribution in [0, 0.1) is 6.92 Å². The molecule has 1 aliphatic rings. The first kappa shape index (κ1) is 31.5. The van der Waals surface area contributed by atoms with Crippen molar-refractivity contribution in [2.75, 3.05) is 44.5 Å². The van der Waals surface area contributed by atoms with E-state index >= 15 is 0 Å². The molecule has 0 bridgehead atoms. The Bertz CT molecular complexity index is 1680. The molecule has 1 aromatic heterocycles. The minimum absolute atomic E-state index is 0.298. The Labute approximate surface area is 267 Å². The summed E-state index contributed by atoms with van der Waals surface area (Å²) >= 11 is 13.3. The Morgan fingerprint density at radius 3 is 2.48 bits per heavy atom. The molecule has 230 valence electrons. The third kappa shape index (κ3) is 6.92. The van der Waals surface area contributed by atoms with Gasteiger partial charge in [-0.05, 0) is 80.2 Å². The van der Waals surface area contributed by atoms with Crippen LogP contribution in [-0.2, 0) is 11.2 Å². The standard InChI is InChI=1S/C33H36Cl2N6O3/c1-5-28(42)38-25-15-20(8-11-41-12-9-23(36)10-13-41)14-19(2)32(25)40-33-37-18-22-16-21(6-7-24(22)39-33)29-30(34)26(43-3)17-27(44-4)31(29)35/h5-7,14-18,23H,1,8-13,36H2,2-4H3,(H,38,42)(H,37,39,40). The van der Waals surface area contributed by atoms with Gasteiger partial charge < -0.3 is 30.7 Å². The fourth-order valence-corrected chi connectivity index (χ4v) is 6.14. The number of piperidine rings is 1. The first-order chi connectivity index (χ1) is 21.2. The van der Waals surface area contributed by atoms with Crippen LogP contribution in [0.4, 0.5) is 17.3 Å². The van der Waals surface area contributed by atoms with Gasteiger partial charge in [0.1, 0.15) is 11.5 Å². The van der Waals surface area contributed by atoms with Gasteiger partial charge >= 0.3 is 0 Å². The third-order valence-electron chi connectivity index (χ3n) is 7.87. The van der Waals surface area contributed by atoms with Crippen molar-refractivity contribution >= 4 is 57.3 Å². The molecule has 0 unspecified atom stereocenters. The lowest BCUT2D eigenvalue weighted by atomic mass is 10.0. The molecule has 1 saturated heterocycles. The zero-order valence-corrected chi connectivity index (χ0v) is 26.6. The van der Waals surface area contributed by atoms with E-state index in [2.05, 4.69) is 33.2 Å². The molecule has 44 heavy (non-hydrogen) atoms. The lowest BCUT2D eigenvalue weighted by molar-refractivity contribution is -0.111. The number of nitrogens with zero attached hydrogens (tertiary/aromatic N) is 3. The first-order valence-corrected chi connectivity index (χ1v) is 15.1. The van der Waals surface area contributed by atoms with E-state index in [0.717, 1.165) is 61.0 Å². The molecule has 0 spiro atoms. The van der Waals surface area contributed by atoms with Crippen LogP contribution in [-0.4, -0.2) is 60.7 Å². The van der Waals surface area contributed by atoms with Crippen molar-refractivity contribution in [2.45, 2.75) is 32.2 Å². The third-order valence-corrected chi connectivity index (χ3v) is 8.62. The Balaban J connectivity index is 1.42. The number of amides is 1. The number of carbonyl (C=O) groups is 1. The molecular weight excluding hydrogens is 599 g/mol. The topological polar surface area (TPSA) is 115 Å². The normalized spacial score (nSPS) is 14.0. The van der Waals surface area contributed by atoms with Gasteiger partial charge in [0.2, 0.25) is 11.9 Å². The molecule has 1 fully saturated rings. The number of halogens is 2. The number of benzene rings is 3. The molecule has 1 aliphatic heterocycles. The van der Waals surface area contributed by atoms with Crippen molar-refractivity contribution in [3.63, 3.8) is 0 Å². The first-order valence-electron chi connectivity index (χ1n) is 14.4. The lowest BCUT2D eigenvalue weighted by Crippen LogP contribution is -2.40. The molecule has 3 aromatic carbocycles. The average molecular weight is 636 g/mol. The van der Waals surface area contributed by atoms with Gasteiger partial charge in [-0.25, -0.2) is 9.97 Å². The molecule has 4 aromatic rings. The number of rotatable bonds is 10. The number of hydrogen-bond donors (Lipinski definition) is 3. The number of anilines is 3. The van der Waals surface area contributed by atoms with Crippen LogP contribution in [0.25, 0.3) is 22.0 Å². The second kappa shape index (κ2) is 13.8. The second-order valence-corrected chi connectivity index (χ2v) is 11.6. The molecule has 11 heteroatoms. The van der Waals surface area contributed by atoms with Crippen LogP contribution < -0.4 is 25.8 Å². The van der Waals surface area contributed by atoms with Gasteiger partial charge in [0.05, 0.1) is 41.2 Å². The molecule has 4 N–H and O–H groups in total. The van der Waals surface area contributed by atoms with Gasteiger partial charge in [0, 0.05) is 35.8 Å². The maximum absolute atomic E-state index is 12.4. The van der Waals surface area contributed by atoms with E-state index in [4.69, 9.17) is 43.4 Å². The summed E-state index contributed by atoms with van der Waals surface area (Å²) in [6, 6.07) is 11.8. The second-order valence-electron chi connectivity index (χ2n) is 10.8. The van der Waals surface area contributed by atoms with Crippen LogP contribution in [0.15, 0.2) is 55.3 Å². The maximum Gasteiger partial charge on any atom is 0.247 e. The van der Waals surface area contributed by atoms with E-state index in [0.29, 0.717) is 56.0 Å². The number of carbonyl (C=O) groups excluding carboxylic acids is 1. The highest BCUT2D eigenvalue weighted by Gasteiger charge is 2.20. The number of nitrogens with two attached hydrogens (primary N) is 1. The quantitative estimate of drug-likeness (QED) is 0.164. The van der Waals surface area contributed by atoms with Gasteiger partial charge in [-0.15, -0.1) is 0 Å². The van der Waals surface area contributed by atoms with Crippen molar-refractivity contribution < 1.29 is 14.3 Å². The van der Waals surface area contributed by atoms with Gasteiger partial charge in [0.15, 0.2) is 0 Å². The molecule has 1 amide bonds. The summed E-state index contributed by atoms with van der Waals surface area (Å²) < 4.78 is 10.9. The Kier molecular flexibility index (Phi) is 9.90. The fraction of sp³-hybridized carbons (Fsp3) is 0.303. The molecule has 0 atom stereocenters. The van der Waals surface area contributed by atoms with E-state index in [1.54, 1.807) is 12.3 Å². The SMILES string of the molecule is C=CC(=O)Nc1cc(CCN2CCC(N)CC2)cc(C)c1Nc1ncc2cc(-c3c(Cl)c(OC)cc(OC)c3Cl)ccc2n1. The van der Waals surface area contributed by atoms with Gasteiger partial charge in [-0.3, -0.25) is 4.79 Å². The summed E-state index contributed by atoms with van der Waals surface area (Å²) in [5.41, 5.74) is 11.6. The summed E-state index contributed by atoms with van der Waals surface area (Å²) in [5.74, 6) is 0.999. The van der Waals surface area contributed by atoms with Crippen molar-refractivity contribution in [3.8, 4) is 22.6 Å². The van der Waals surface area contributed by atoms with E-state index in [1.165, 1.54) is 20.3 Å². The zero-order chi connectivity index (χ0) is 31.4. The van der Waals surface area contributed by atoms with Crippen LogP contribution >= 0.6 is 23.2 Å². The number of aromatic nitrogens is 2. The Morgan fingerprint density at radius 2 is 1.82 bits per heavy atom. The van der Waals surface area contributed by atoms with Crippen LogP contribution in [0.5, 0.6) is 11.5 Å². The smallest absolute Gasteiger partial charge is 0.247 e. The van der Waals surface area contributed by atoms with Crippen LogP contribution in [0.3, 0.4) is 0 Å². The molecule has 2 heterocycles. The summed E-state index contributed by atoms with van der Waals surface area (Å²) in [4.78, 5) is 24.1. The highest BCUT2D eigenvalue weighted by molar-refractivity contribution is 6.41. The summed E-state index contributed by atoms with van der Waals surface area (Å²) in [5, 5.41) is 7.81. The fourth-order valence-electron chi connectivity index (χ4n) is 5.42. The highest BCUT2D eigenvalue weighted by atomic mass is 35.5. The molecular formula is C33H36Cl2N6O3. The van der Waals surface area contributed by atoms with Crippen LogP contribution in [0.2, 0.25) is 10.0 Å². The van der Waals surface area contributed by atoms with Gasteiger partial charge in [-0.2, -0.15) is 0 Å². The summed E-state index contributed by atoms with van der Waals surface area (Å²) in [7, 11) is 3.08. The van der Waals surface area contributed by atoms with Gasteiger partial charge in [-0.1, -0.05) is 41.9 Å². The number of ether oxygens (including phenoxy) is 2. The number of fused-ring (bicyclic) bond motifs is 1. The number of likely N-dealkylation sites (tertiary alicyclic amines) is 1. The highest BCUT2D eigenvalue weighted by Crippen LogP contribution is 2.46. The minimum atomic E-state index is -0.298. The van der Waals surface area contributed by atoms with E-state index in [1.807, 2.05) is 31.2 Å². The van der Waals surface area contributed by atoms with Crippen molar-refractivity contribution in [2.24, 2.45) is 5.73 Å². The van der Waals surface area contributed by atoms with Gasteiger partial charge in [0.25, 0.3) is 0 Å². The number of methoxy groups -OCH3 is 2. The predicted octanol–water partition coefficient (Wildman–Crippen LogP) is 6.76. The van der Waals surface area contributed by atoms with Crippen molar-refractivity contribution in [1.82, 2.24) is 14.9 Å². The van der Waals surface area contributed by atoms with E-state index in [9.17, 15) is 4.79 Å². The molecule has 0 aliphatic carbocycles. The zero-order valence-electron chi connectivity index (χ0n) is 25.0. The number of hydrogen-bond acceptors (Lipinski definition) is 8. The molecule has 0 radical (unpaired) electrons. The largest absolute Gasteiger partial charge is 0.495 e. The molecule has 9 nitrogen and oxygen atoms in total. The molecule has 5 rings (SSSR count). The van der Waals surface area contributed by atoms with Crippen molar-refractivity contribution in [3.05, 3.63) is 76.4 Å². The van der Waals surface area contributed by atoms with E-state index < -0.39 is 0 Å². The summed E-state index contributed by atoms with van der Waals surface area (Å²) in [6.07, 6.45) is 5.88. The summed E-state index contributed by atoms with van der Waals surface area (Å²) in [6.45, 7) is 8.56. The number of aryl methyl sites for hydroxylation is 1. The Hall–Kier alpha value is -3.89. The molecule has 0 saturated carbocycles. The number of nitrogens with one attached hydrogen (secondary N) is 2. The van der Waals surface area contributed by atoms with Crippen LogP contribution in [0.1, 0.15) is 24.0 Å². The van der Waals surface area contributed by atoms with Crippen molar-refractivity contribution in [1.29, 1.82) is 0 Å². The Morgan fingerprint density at radius 1 is 1.11 bits per heavy atom. The predicted molar refractivity (Wildman–Crippen MR) is 179 cm³/mol. The maximum atomic E-state index is 12.4. The average Bonchev–Trinajstić information content (AvgIpc) is 3.02. The monoisotopic (exact) mass is 634 g/mol. The lowest BCUT2D eigenvalue weighted by Gasteiger charge is -2.30. The minimum Gasteiger partial charge on any atom is -0.495 e.